The van der Waals surface area contributed by atoms with Crippen LogP contribution >= 0.6 is 0 Å². The molecular formula is C36H22O18. The van der Waals surface area contributed by atoms with Crippen LogP contribution in [0.5, 0.6) is 144 Å². The van der Waals surface area contributed by atoms with Gasteiger partial charge in [0.2, 0.25) is 63.2 Å². The van der Waals surface area contributed by atoms with Crippen molar-refractivity contribution in [1.82, 2.24) is 0 Å². The molecular weight excluding hydrogens is 720 g/mol. The van der Waals surface area contributed by atoms with Gasteiger partial charge in [-0.2, -0.15) is 0 Å². The molecule has 0 saturated carbocycles. The number of phenols is 11. The Balaban J connectivity index is 1.17. The van der Waals surface area contributed by atoms with E-state index >= 15 is 0 Å². The Hall–Kier alpha value is -8.28. The highest BCUT2D eigenvalue weighted by Crippen LogP contribution is 2.66. The van der Waals surface area contributed by atoms with E-state index in [4.69, 9.17) is 33.2 Å². The molecule has 2 aliphatic heterocycles. The maximum atomic E-state index is 10.9. The lowest BCUT2D eigenvalue weighted by molar-refractivity contribution is 0.278. The summed E-state index contributed by atoms with van der Waals surface area (Å²) in [6.45, 7) is 0. The molecule has 18 heteroatoms. The van der Waals surface area contributed by atoms with Crippen LogP contribution in [0.1, 0.15) is 0 Å². The SMILES string of the molecule is Oc1cc(O)cc(Oc2c(O)cc(O)c3c2Oc2c(O)ccc(Oc4c(O)cc(O)c5c4Oc4c(O)cc(O)c(Oc6cc(O)cc(O)c6)c4O5)c2O3)c1. The second-order valence-corrected chi connectivity index (χ2v) is 11.5. The predicted octanol–water partition coefficient (Wildman–Crippen LogP) is 7.62. The van der Waals surface area contributed by atoms with Crippen molar-refractivity contribution < 1.29 is 89.3 Å². The van der Waals surface area contributed by atoms with Gasteiger partial charge in [0, 0.05) is 54.6 Å². The van der Waals surface area contributed by atoms with Gasteiger partial charge in [-0.3, -0.25) is 0 Å². The van der Waals surface area contributed by atoms with E-state index in [1.807, 2.05) is 0 Å². The Labute approximate surface area is 299 Å². The lowest BCUT2D eigenvalue weighted by Crippen LogP contribution is -2.05. The lowest BCUT2D eigenvalue weighted by Gasteiger charge is -2.27. The average Bonchev–Trinajstić information content (AvgIpc) is 3.09. The van der Waals surface area contributed by atoms with Crippen molar-refractivity contribution >= 4 is 0 Å². The molecule has 274 valence electrons. The fraction of sp³-hybridized carbons (Fsp3) is 0. The number of aromatic hydroxyl groups is 11. The molecule has 0 radical (unpaired) electrons. The largest absolute Gasteiger partial charge is 0.508 e. The topological polar surface area (TPSA) is 287 Å². The highest BCUT2D eigenvalue weighted by Gasteiger charge is 2.37. The third-order valence-electron chi connectivity index (χ3n) is 7.73. The minimum Gasteiger partial charge on any atom is -0.508 e. The van der Waals surface area contributed by atoms with Crippen molar-refractivity contribution in [3.8, 4) is 144 Å². The second kappa shape index (κ2) is 11.9. The first-order valence-corrected chi connectivity index (χ1v) is 15.2. The van der Waals surface area contributed by atoms with Gasteiger partial charge in [0.1, 0.15) is 34.5 Å². The number of fused-ring (bicyclic) bond motifs is 4. The van der Waals surface area contributed by atoms with Crippen molar-refractivity contribution in [1.29, 1.82) is 0 Å². The Morgan fingerprint density at radius 2 is 0.630 bits per heavy atom. The Kier molecular flexibility index (Phi) is 7.26. The summed E-state index contributed by atoms with van der Waals surface area (Å²) in [6, 6.07) is 11.2. The van der Waals surface area contributed by atoms with E-state index in [-0.39, 0.29) is 40.2 Å². The minimum absolute atomic E-state index is 0.165. The number of benzene rings is 6. The van der Waals surface area contributed by atoms with Crippen LogP contribution in [0.15, 0.2) is 66.7 Å². The van der Waals surface area contributed by atoms with Crippen LogP contribution in [0, 0.1) is 0 Å². The molecule has 0 aromatic heterocycles. The highest BCUT2D eigenvalue weighted by molar-refractivity contribution is 5.77. The van der Waals surface area contributed by atoms with Gasteiger partial charge in [-0.15, -0.1) is 0 Å². The fourth-order valence-corrected chi connectivity index (χ4v) is 5.48. The van der Waals surface area contributed by atoms with Gasteiger partial charge in [0.05, 0.1) is 0 Å². The maximum absolute atomic E-state index is 10.9. The molecule has 0 unspecified atom stereocenters. The summed E-state index contributed by atoms with van der Waals surface area (Å²) >= 11 is 0. The summed E-state index contributed by atoms with van der Waals surface area (Å²) in [7, 11) is 0. The molecule has 0 saturated heterocycles. The van der Waals surface area contributed by atoms with Crippen LogP contribution in [-0.2, 0) is 0 Å². The van der Waals surface area contributed by atoms with E-state index in [2.05, 4.69) is 0 Å². The van der Waals surface area contributed by atoms with Gasteiger partial charge in [0.25, 0.3) is 0 Å². The second-order valence-electron chi connectivity index (χ2n) is 11.5. The van der Waals surface area contributed by atoms with Gasteiger partial charge in [0.15, 0.2) is 46.0 Å². The molecule has 0 spiro atoms. The van der Waals surface area contributed by atoms with Gasteiger partial charge < -0.3 is 89.3 Å². The number of rotatable bonds is 6. The molecule has 0 fully saturated rings. The molecule has 54 heavy (non-hydrogen) atoms. The van der Waals surface area contributed by atoms with E-state index in [0.717, 1.165) is 66.7 Å². The molecule has 11 N–H and O–H groups in total. The number of phenolic OH excluding ortho intramolecular Hbond substituents is 11. The smallest absolute Gasteiger partial charge is 0.220 e. The molecule has 2 aliphatic rings. The fourth-order valence-electron chi connectivity index (χ4n) is 5.48. The molecule has 0 amide bonds. The summed E-state index contributed by atoms with van der Waals surface area (Å²) in [5.41, 5.74) is 0. The van der Waals surface area contributed by atoms with Gasteiger partial charge in [-0.25, -0.2) is 0 Å². The molecule has 0 atom stereocenters. The van der Waals surface area contributed by atoms with E-state index in [0.29, 0.717) is 0 Å². The number of ether oxygens (including phenoxy) is 7. The van der Waals surface area contributed by atoms with E-state index in [9.17, 15) is 56.2 Å². The van der Waals surface area contributed by atoms with Crippen molar-refractivity contribution in [3.63, 3.8) is 0 Å². The van der Waals surface area contributed by atoms with Gasteiger partial charge in [-0.05, 0) is 12.1 Å². The van der Waals surface area contributed by atoms with Crippen molar-refractivity contribution in [3.05, 3.63) is 66.7 Å². The monoisotopic (exact) mass is 742 g/mol. The number of hydrogen-bond donors (Lipinski definition) is 11. The standard InChI is InChI=1S/C36H22O18/c37-12-3-13(38)6-16(5-12)48-27-19(42)9-22(45)30-34(27)52-26-18(41)1-2-25(33(26)51-30)50-29-21(44)11-24(47)32-36(29)54-31-23(46)10-20(43)28(35(31)53-32)49-17-7-14(39)4-15(40)8-17/h1-11,37-47H. The quantitative estimate of drug-likeness (QED) is 0.0780. The molecule has 0 bridgehead atoms. The zero-order valence-corrected chi connectivity index (χ0v) is 26.6. The third-order valence-corrected chi connectivity index (χ3v) is 7.73. The van der Waals surface area contributed by atoms with E-state index < -0.39 is 103 Å². The van der Waals surface area contributed by atoms with Gasteiger partial charge >= 0.3 is 0 Å². The zero-order chi connectivity index (χ0) is 38.2. The first kappa shape index (κ1) is 32.9. The highest BCUT2D eigenvalue weighted by atomic mass is 16.6. The third kappa shape index (κ3) is 5.48. The Morgan fingerprint density at radius 1 is 0.296 bits per heavy atom. The normalized spacial score (nSPS) is 12.0. The van der Waals surface area contributed by atoms with Crippen LogP contribution < -0.4 is 33.2 Å². The first-order valence-electron chi connectivity index (χ1n) is 15.2. The summed E-state index contributed by atoms with van der Waals surface area (Å²) in [5, 5.41) is 115. The number of hydrogen-bond acceptors (Lipinski definition) is 18. The van der Waals surface area contributed by atoms with E-state index in [1.54, 1.807) is 0 Å². The van der Waals surface area contributed by atoms with E-state index in [1.165, 1.54) is 0 Å². The summed E-state index contributed by atoms with van der Waals surface area (Å²) < 4.78 is 40.6. The maximum Gasteiger partial charge on any atom is 0.220 e. The zero-order valence-electron chi connectivity index (χ0n) is 26.6. The lowest BCUT2D eigenvalue weighted by atomic mass is 10.1. The molecule has 8 rings (SSSR count). The Morgan fingerprint density at radius 3 is 1.02 bits per heavy atom. The van der Waals surface area contributed by atoms with Crippen LogP contribution in [0.2, 0.25) is 0 Å². The van der Waals surface area contributed by atoms with Crippen molar-refractivity contribution in [2.45, 2.75) is 0 Å². The average molecular weight is 743 g/mol. The van der Waals surface area contributed by atoms with Crippen LogP contribution in [0.3, 0.4) is 0 Å². The predicted molar refractivity (Wildman–Crippen MR) is 177 cm³/mol. The molecule has 6 aromatic carbocycles. The molecule has 0 aliphatic carbocycles. The van der Waals surface area contributed by atoms with Crippen molar-refractivity contribution in [2.24, 2.45) is 0 Å². The molecule has 18 nitrogen and oxygen atoms in total. The molecule has 2 heterocycles. The van der Waals surface area contributed by atoms with Crippen molar-refractivity contribution in [2.75, 3.05) is 0 Å². The summed E-state index contributed by atoms with van der Waals surface area (Å²) in [4.78, 5) is 0. The summed E-state index contributed by atoms with van der Waals surface area (Å²) in [6.07, 6.45) is 0. The van der Waals surface area contributed by atoms with Gasteiger partial charge in [-0.1, -0.05) is 0 Å². The minimum atomic E-state index is -0.750. The first-order chi connectivity index (χ1) is 25.7. The molecule has 6 aromatic rings. The summed E-state index contributed by atoms with van der Waals surface area (Å²) in [5.74, 6) is -12.3. The van der Waals surface area contributed by atoms with Crippen LogP contribution in [0.4, 0.5) is 0 Å². The Bertz CT molecular complexity index is 2520. The van der Waals surface area contributed by atoms with Crippen LogP contribution in [-0.4, -0.2) is 56.2 Å². The van der Waals surface area contributed by atoms with Crippen LogP contribution in [0.25, 0.3) is 0 Å².